The molecule has 0 N–H and O–H groups in total. The van der Waals surface area contributed by atoms with Crippen molar-refractivity contribution in [1.82, 2.24) is 4.98 Å². The van der Waals surface area contributed by atoms with Crippen LogP contribution < -0.4 is 0 Å². The zero-order valence-corrected chi connectivity index (χ0v) is 8.12. The molecule has 76 valence electrons. The minimum Gasteiger partial charge on any atom is -0.235 e. The Labute approximate surface area is 87.6 Å². The van der Waals surface area contributed by atoms with Crippen molar-refractivity contribution in [1.29, 1.82) is 0 Å². The summed E-state index contributed by atoms with van der Waals surface area (Å²) in [6.45, 7) is 0. The molecule has 0 unspecified atom stereocenters. The van der Waals surface area contributed by atoms with Gasteiger partial charge in [0.2, 0.25) is 0 Å². The van der Waals surface area contributed by atoms with E-state index in [0.717, 1.165) is 17.4 Å². The molecule has 0 saturated carbocycles. The van der Waals surface area contributed by atoms with E-state index in [4.69, 9.17) is 6.42 Å². The molecule has 15 heavy (non-hydrogen) atoms. The molecule has 0 amide bonds. The third-order valence-corrected chi connectivity index (χ3v) is 2.86. The topological polar surface area (TPSA) is 12.9 Å². The van der Waals surface area contributed by atoms with Gasteiger partial charge in [-0.1, -0.05) is 5.92 Å². The predicted molar refractivity (Wildman–Crippen MR) is 52.5 cm³/mol. The van der Waals surface area contributed by atoms with Crippen molar-refractivity contribution in [2.24, 2.45) is 0 Å². The fourth-order valence-electron chi connectivity index (χ4n) is 1.17. The molecular formula is C10H4F3NS. The standard InChI is InChI=1S/C10H4F3NS/c1-2-5-3-7-8(4-6(5)11)15-10(14-7)9(12)13/h1,3-4,9H. The third-order valence-electron chi connectivity index (χ3n) is 1.84. The summed E-state index contributed by atoms with van der Waals surface area (Å²) in [6.07, 6.45) is 2.41. The normalized spacial score (nSPS) is 10.9. The van der Waals surface area contributed by atoms with Crippen LogP contribution in [0.1, 0.15) is 17.0 Å². The molecule has 0 fully saturated rings. The maximum Gasteiger partial charge on any atom is 0.289 e. The molecule has 0 aliphatic rings. The number of aromatic nitrogens is 1. The average molecular weight is 227 g/mol. The first kappa shape index (κ1) is 9.99. The van der Waals surface area contributed by atoms with Crippen LogP contribution in [0, 0.1) is 18.2 Å². The van der Waals surface area contributed by atoms with E-state index in [0.29, 0.717) is 10.2 Å². The number of nitrogens with zero attached hydrogens (tertiary/aromatic N) is 1. The minimum absolute atomic E-state index is 0.0358. The van der Waals surface area contributed by atoms with Crippen LogP contribution in [-0.2, 0) is 0 Å². The smallest absolute Gasteiger partial charge is 0.235 e. The zero-order valence-electron chi connectivity index (χ0n) is 7.30. The van der Waals surface area contributed by atoms with Crippen molar-refractivity contribution in [3.8, 4) is 12.3 Å². The molecule has 0 aliphatic carbocycles. The Morgan fingerprint density at radius 1 is 1.40 bits per heavy atom. The molecule has 0 atom stereocenters. The van der Waals surface area contributed by atoms with Gasteiger partial charge in [-0.15, -0.1) is 17.8 Å². The molecule has 1 aromatic heterocycles. The summed E-state index contributed by atoms with van der Waals surface area (Å²) in [5, 5.41) is -0.321. The maximum atomic E-state index is 13.2. The van der Waals surface area contributed by atoms with E-state index in [1.807, 2.05) is 0 Å². The maximum absolute atomic E-state index is 13.2. The van der Waals surface area contributed by atoms with Crippen LogP contribution >= 0.6 is 11.3 Å². The summed E-state index contributed by atoms with van der Waals surface area (Å²) in [5.41, 5.74) is 0.346. The lowest BCUT2D eigenvalue weighted by Gasteiger charge is -1.92. The first-order valence-corrected chi connectivity index (χ1v) is 4.78. The summed E-state index contributed by atoms with van der Waals surface area (Å²) in [7, 11) is 0. The van der Waals surface area contributed by atoms with Crippen molar-refractivity contribution in [2.75, 3.05) is 0 Å². The van der Waals surface area contributed by atoms with Crippen LogP contribution in [0.25, 0.3) is 10.2 Å². The fourth-order valence-corrected chi connectivity index (χ4v) is 2.00. The highest BCUT2D eigenvalue weighted by atomic mass is 32.1. The van der Waals surface area contributed by atoms with E-state index in [-0.39, 0.29) is 10.6 Å². The van der Waals surface area contributed by atoms with Gasteiger partial charge >= 0.3 is 0 Å². The molecule has 1 heterocycles. The van der Waals surface area contributed by atoms with Crippen LogP contribution in [0.2, 0.25) is 0 Å². The van der Waals surface area contributed by atoms with Crippen molar-refractivity contribution >= 4 is 21.6 Å². The van der Waals surface area contributed by atoms with Gasteiger partial charge in [0.1, 0.15) is 5.82 Å². The Kier molecular flexibility index (Phi) is 2.37. The van der Waals surface area contributed by atoms with Crippen molar-refractivity contribution in [2.45, 2.75) is 6.43 Å². The van der Waals surface area contributed by atoms with Gasteiger partial charge in [-0.25, -0.2) is 18.2 Å². The number of hydrogen-bond acceptors (Lipinski definition) is 2. The van der Waals surface area contributed by atoms with Gasteiger partial charge in [-0.3, -0.25) is 0 Å². The number of fused-ring (bicyclic) bond motifs is 1. The Balaban J connectivity index is 2.68. The van der Waals surface area contributed by atoms with Gasteiger partial charge in [0.25, 0.3) is 6.43 Å². The molecule has 0 aliphatic heterocycles. The summed E-state index contributed by atoms with van der Waals surface area (Å²) >= 11 is 0.769. The molecule has 2 aromatic rings. The Morgan fingerprint density at radius 3 is 2.73 bits per heavy atom. The Morgan fingerprint density at radius 2 is 2.13 bits per heavy atom. The molecule has 0 spiro atoms. The second-order valence-electron chi connectivity index (χ2n) is 2.80. The van der Waals surface area contributed by atoms with Crippen LogP contribution in [0.15, 0.2) is 12.1 Å². The number of terminal acetylenes is 1. The molecule has 1 aromatic carbocycles. The van der Waals surface area contributed by atoms with Gasteiger partial charge in [-0.2, -0.15) is 0 Å². The molecule has 0 radical (unpaired) electrons. The first-order chi connectivity index (χ1) is 7.11. The number of benzene rings is 1. The van der Waals surface area contributed by atoms with E-state index >= 15 is 0 Å². The van der Waals surface area contributed by atoms with E-state index in [1.165, 1.54) is 6.07 Å². The first-order valence-electron chi connectivity index (χ1n) is 3.96. The van der Waals surface area contributed by atoms with Crippen LogP contribution in [0.5, 0.6) is 0 Å². The highest BCUT2D eigenvalue weighted by Gasteiger charge is 2.14. The number of alkyl halides is 2. The molecule has 0 saturated heterocycles. The van der Waals surface area contributed by atoms with Gasteiger partial charge < -0.3 is 0 Å². The Hall–Kier alpha value is -1.54. The minimum atomic E-state index is -2.64. The van der Waals surface area contributed by atoms with Crippen LogP contribution in [-0.4, -0.2) is 4.98 Å². The van der Waals surface area contributed by atoms with Gasteiger partial charge in [0.15, 0.2) is 5.01 Å². The predicted octanol–water partition coefficient (Wildman–Crippen LogP) is 3.35. The number of thiazole rings is 1. The van der Waals surface area contributed by atoms with Crippen LogP contribution in [0.4, 0.5) is 13.2 Å². The van der Waals surface area contributed by atoms with Crippen molar-refractivity contribution < 1.29 is 13.2 Å². The van der Waals surface area contributed by atoms with E-state index < -0.39 is 12.2 Å². The summed E-state index contributed by atoms with van der Waals surface area (Å²) in [6, 6.07) is 2.43. The van der Waals surface area contributed by atoms with E-state index in [2.05, 4.69) is 10.9 Å². The summed E-state index contributed by atoms with van der Waals surface area (Å²) in [5.74, 6) is 1.54. The largest absolute Gasteiger partial charge is 0.289 e. The molecular weight excluding hydrogens is 223 g/mol. The molecule has 2 rings (SSSR count). The highest BCUT2D eigenvalue weighted by molar-refractivity contribution is 7.18. The second-order valence-corrected chi connectivity index (χ2v) is 3.86. The number of halogens is 3. The lowest BCUT2D eigenvalue weighted by molar-refractivity contribution is 0.151. The van der Waals surface area contributed by atoms with Gasteiger partial charge in [-0.05, 0) is 12.1 Å². The zero-order chi connectivity index (χ0) is 11.0. The quantitative estimate of drug-likeness (QED) is 0.681. The van der Waals surface area contributed by atoms with Crippen molar-refractivity contribution in [3.63, 3.8) is 0 Å². The number of rotatable bonds is 1. The van der Waals surface area contributed by atoms with E-state index in [9.17, 15) is 13.2 Å². The van der Waals surface area contributed by atoms with Crippen molar-refractivity contribution in [3.05, 3.63) is 28.5 Å². The fraction of sp³-hybridized carbons (Fsp3) is 0.100. The SMILES string of the molecule is C#Cc1cc2nc(C(F)F)sc2cc1F. The van der Waals surface area contributed by atoms with Crippen LogP contribution in [0.3, 0.4) is 0 Å². The molecule has 1 nitrogen and oxygen atoms in total. The van der Waals surface area contributed by atoms with Gasteiger partial charge in [0, 0.05) is 0 Å². The monoisotopic (exact) mass is 227 g/mol. The lowest BCUT2D eigenvalue weighted by atomic mass is 10.2. The third kappa shape index (κ3) is 1.68. The molecule has 0 bridgehead atoms. The lowest BCUT2D eigenvalue weighted by Crippen LogP contribution is -1.83. The summed E-state index contributed by atoms with van der Waals surface area (Å²) < 4.78 is 38.2. The average Bonchev–Trinajstić information content (AvgIpc) is 2.59. The second kappa shape index (κ2) is 3.55. The highest BCUT2D eigenvalue weighted by Crippen LogP contribution is 2.30. The summed E-state index contributed by atoms with van der Waals surface area (Å²) in [4.78, 5) is 3.67. The Bertz CT molecular complexity index is 554. The number of hydrogen-bond donors (Lipinski definition) is 0. The van der Waals surface area contributed by atoms with Gasteiger partial charge in [0.05, 0.1) is 15.8 Å². The van der Waals surface area contributed by atoms with E-state index in [1.54, 1.807) is 0 Å². The molecule has 5 heteroatoms.